The normalized spacial score (nSPS) is 10.7. The van der Waals surface area contributed by atoms with Crippen LogP contribution in [0.3, 0.4) is 0 Å². The number of carboxylic acid groups (broad SMARTS) is 1. The number of hydrogen-bond donors (Lipinski definition) is 1. The molecule has 0 aliphatic carbocycles. The average molecular weight is 499 g/mol. The molecule has 0 saturated heterocycles. The third kappa shape index (κ3) is 5.61. The standard InChI is InChI=1S/C20H19BrO8S/c1-4-28-15(24)10-29-17-16(21)18(30-19(17)20(25)27-3)12-5-7-13(26-2)11(9-12)6-8-14(22)23/h5-9H,4,10H2,1-3H3,(H,22,23)/b8-6+. The van der Waals surface area contributed by atoms with Crippen molar-refractivity contribution in [3.8, 4) is 21.9 Å². The van der Waals surface area contributed by atoms with E-state index in [9.17, 15) is 14.4 Å². The number of carbonyl (C=O) groups is 3. The lowest BCUT2D eigenvalue weighted by molar-refractivity contribution is -0.145. The molecule has 30 heavy (non-hydrogen) atoms. The van der Waals surface area contributed by atoms with Crippen LogP contribution in [0, 0.1) is 0 Å². The number of esters is 2. The molecule has 0 aliphatic rings. The second-order valence-electron chi connectivity index (χ2n) is 5.62. The highest BCUT2D eigenvalue weighted by atomic mass is 79.9. The number of thiophene rings is 1. The van der Waals surface area contributed by atoms with Crippen LogP contribution in [0.25, 0.3) is 16.5 Å². The van der Waals surface area contributed by atoms with Gasteiger partial charge in [0.15, 0.2) is 17.2 Å². The van der Waals surface area contributed by atoms with Gasteiger partial charge < -0.3 is 24.1 Å². The summed E-state index contributed by atoms with van der Waals surface area (Å²) in [5.41, 5.74) is 1.21. The lowest BCUT2D eigenvalue weighted by Crippen LogP contribution is -2.15. The van der Waals surface area contributed by atoms with E-state index >= 15 is 0 Å². The summed E-state index contributed by atoms with van der Waals surface area (Å²) in [6, 6.07) is 5.15. The molecular weight excluding hydrogens is 480 g/mol. The monoisotopic (exact) mass is 498 g/mol. The van der Waals surface area contributed by atoms with Gasteiger partial charge >= 0.3 is 17.9 Å². The lowest BCUT2D eigenvalue weighted by Gasteiger charge is -2.08. The molecule has 10 heteroatoms. The third-order valence-electron chi connectivity index (χ3n) is 3.72. The predicted octanol–water partition coefficient (Wildman–Crippen LogP) is 4.01. The van der Waals surface area contributed by atoms with Gasteiger partial charge in [0.2, 0.25) is 0 Å². The molecule has 160 valence electrons. The molecule has 0 amide bonds. The van der Waals surface area contributed by atoms with Gasteiger partial charge in [-0.25, -0.2) is 14.4 Å². The zero-order valence-electron chi connectivity index (χ0n) is 16.4. The fourth-order valence-corrected chi connectivity index (χ4v) is 4.41. The van der Waals surface area contributed by atoms with Crippen LogP contribution >= 0.6 is 27.3 Å². The summed E-state index contributed by atoms with van der Waals surface area (Å²) in [6.07, 6.45) is 2.41. The first-order valence-corrected chi connectivity index (χ1v) is 10.2. The van der Waals surface area contributed by atoms with Crippen LogP contribution in [0.5, 0.6) is 11.5 Å². The van der Waals surface area contributed by atoms with Crippen LogP contribution in [-0.4, -0.2) is 50.4 Å². The van der Waals surface area contributed by atoms with Gasteiger partial charge in [0.25, 0.3) is 0 Å². The van der Waals surface area contributed by atoms with Crippen molar-refractivity contribution < 1.29 is 38.4 Å². The van der Waals surface area contributed by atoms with Crippen LogP contribution in [0.1, 0.15) is 22.2 Å². The summed E-state index contributed by atoms with van der Waals surface area (Å²) in [7, 11) is 2.72. The number of halogens is 1. The smallest absolute Gasteiger partial charge is 0.351 e. The minimum atomic E-state index is -1.10. The number of aliphatic carboxylic acids is 1. The fraction of sp³-hybridized carbons (Fsp3) is 0.250. The number of carboxylic acids is 1. The fourth-order valence-electron chi connectivity index (χ4n) is 2.44. The molecule has 2 aromatic rings. The van der Waals surface area contributed by atoms with Crippen molar-refractivity contribution in [1.29, 1.82) is 0 Å². The molecular formula is C20H19BrO8S. The summed E-state index contributed by atoms with van der Waals surface area (Å²) >= 11 is 4.53. The summed E-state index contributed by atoms with van der Waals surface area (Å²) in [6.45, 7) is 1.51. The Bertz CT molecular complexity index is 979. The van der Waals surface area contributed by atoms with Gasteiger partial charge in [-0.15, -0.1) is 11.3 Å². The molecule has 0 atom stereocenters. The molecule has 0 radical (unpaired) electrons. The summed E-state index contributed by atoms with van der Waals surface area (Å²) in [5.74, 6) is -1.64. The Kier molecular flexibility index (Phi) is 8.43. The molecule has 0 bridgehead atoms. The summed E-state index contributed by atoms with van der Waals surface area (Å²) in [5, 5.41) is 8.90. The van der Waals surface area contributed by atoms with Gasteiger partial charge in [0.1, 0.15) is 5.75 Å². The van der Waals surface area contributed by atoms with E-state index in [1.807, 2.05) is 0 Å². The van der Waals surface area contributed by atoms with Crippen LogP contribution in [-0.2, 0) is 19.1 Å². The molecule has 8 nitrogen and oxygen atoms in total. The van der Waals surface area contributed by atoms with Crippen molar-refractivity contribution in [1.82, 2.24) is 0 Å². The summed E-state index contributed by atoms with van der Waals surface area (Å²) < 4.78 is 20.9. The van der Waals surface area contributed by atoms with Gasteiger partial charge in [-0.1, -0.05) is 0 Å². The molecule has 1 aromatic carbocycles. The molecule has 0 aliphatic heterocycles. The van der Waals surface area contributed by atoms with Crippen molar-refractivity contribution in [3.63, 3.8) is 0 Å². The molecule has 1 heterocycles. The van der Waals surface area contributed by atoms with E-state index in [-0.39, 0.29) is 23.8 Å². The zero-order chi connectivity index (χ0) is 22.3. The highest BCUT2D eigenvalue weighted by Crippen LogP contribution is 2.46. The van der Waals surface area contributed by atoms with Gasteiger partial charge in [-0.3, -0.25) is 0 Å². The van der Waals surface area contributed by atoms with Crippen molar-refractivity contribution in [3.05, 3.63) is 39.2 Å². The molecule has 0 fully saturated rings. The largest absolute Gasteiger partial charge is 0.496 e. The zero-order valence-corrected chi connectivity index (χ0v) is 18.8. The number of rotatable bonds is 9. The topological polar surface area (TPSA) is 108 Å². The Morgan fingerprint density at radius 2 is 1.97 bits per heavy atom. The number of ether oxygens (including phenoxy) is 4. The molecule has 0 unspecified atom stereocenters. The molecule has 2 rings (SSSR count). The third-order valence-corrected chi connectivity index (χ3v) is 5.94. The number of benzene rings is 1. The first-order chi connectivity index (χ1) is 14.3. The Morgan fingerprint density at radius 1 is 1.23 bits per heavy atom. The first-order valence-electron chi connectivity index (χ1n) is 8.60. The maximum absolute atomic E-state index is 12.2. The molecule has 1 N–H and O–H groups in total. The van der Waals surface area contributed by atoms with Crippen LogP contribution in [0.15, 0.2) is 28.7 Å². The van der Waals surface area contributed by atoms with Gasteiger partial charge in [0, 0.05) is 11.6 Å². The van der Waals surface area contributed by atoms with Crippen molar-refractivity contribution >= 4 is 51.3 Å². The summed E-state index contributed by atoms with van der Waals surface area (Å²) in [4.78, 5) is 35.5. The minimum absolute atomic E-state index is 0.161. The molecule has 0 saturated carbocycles. The van der Waals surface area contributed by atoms with Crippen LogP contribution < -0.4 is 9.47 Å². The highest BCUT2D eigenvalue weighted by molar-refractivity contribution is 9.10. The Hall–Kier alpha value is -2.85. The van der Waals surface area contributed by atoms with Crippen molar-refractivity contribution in [2.45, 2.75) is 6.92 Å². The first kappa shape index (κ1) is 23.4. The Balaban J connectivity index is 2.51. The van der Waals surface area contributed by atoms with E-state index in [1.54, 1.807) is 25.1 Å². The predicted molar refractivity (Wildman–Crippen MR) is 114 cm³/mol. The maximum Gasteiger partial charge on any atom is 0.351 e. The average Bonchev–Trinajstić information content (AvgIpc) is 3.06. The number of methoxy groups -OCH3 is 2. The van der Waals surface area contributed by atoms with Gasteiger partial charge in [0.05, 0.1) is 30.2 Å². The van der Waals surface area contributed by atoms with E-state index < -0.39 is 17.9 Å². The van der Waals surface area contributed by atoms with Gasteiger partial charge in [-0.2, -0.15) is 0 Å². The maximum atomic E-state index is 12.2. The van der Waals surface area contributed by atoms with E-state index in [0.29, 0.717) is 26.2 Å². The van der Waals surface area contributed by atoms with E-state index in [1.165, 1.54) is 20.3 Å². The Labute approximate surface area is 185 Å². The van der Waals surface area contributed by atoms with Crippen molar-refractivity contribution in [2.24, 2.45) is 0 Å². The van der Waals surface area contributed by atoms with Crippen LogP contribution in [0.4, 0.5) is 0 Å². The number of hydrogen-bond acceptors (Lipinski definition) is 8. The second-order valence-corrected chi connectivity index (χ2v) is 7.43. The quantitative estimate of drug-likeness (QED) is 0.407. The van der Waals surface area contributed by atoms with Crippen molar-refractivity contribution in [2.75, 3.05) is 27.4 Å². The van der Waals surface area contributed by atoms with E-state index in [0.717, 1.165) is 17.4 Å². The Morgan fingerprint density at radius 3 is 2.57 bits per heavy atom. The van der Waals surface area contributed by atoms with Gasteiger partial charge in [-0.05, 0) is 52.7 Å². The van der Waals surface area contributed by atoms with E-state index in [4.69, 9.17) is 24.1 Å². The van der Waals surface area contributed by atoms with Crippen LogP contribution in [0.2, 0.25) is 0 Å². The number of carbonyl (C=O) groups excluding carboxylic acids is 2. The van der Waals surface area contributed by atoms with E-state index in [2.05, 4.69) is 15.9 Å². The highest BCUT2D eigenvalue weighted by Gasteiger charge is 2.25. The SMILES string of the molecule is CCOC(=O)COc1c(C(=O)OC)sc(-c2ccc(OC)c(/C=C/C(=O)O)c2)c1Br. The lowest BCUT2D eigenvalue weighted by atomic mass is 10.1. The minimum Gasteiger partial charge on any atom is -0.496 e. The molecule has 0 spiro atoms. The second kappa shape index (κ2) is 10.8. The molecule has 1 aromatic heterocycles.